The second-order valence-electron chi connectivity index (χ2n) is 9.09. The first-order valence-electron chi connectivity index (χ1n) is 11.7. The molecule has 5 aromatic rings. The Hall–Kier alpha value is -3.70. The maximum atomic E-state index is 6.17. The Balaban J connectivity index is 1.63. The quantitative estimate of drug-likeness (QED) is 0.232. The van der Waals surface area contributed by atoms with Crippen LogP contribution < -0.4 is 23.5 Å². The number of pyridine rings is 1. The molecule has 174 valence electrons. The monoisotopic (exact) mass is 484 g/mol. The summed E-state index contributed by atoms with van der Waals surface area (Å²) in [6.45, 7) is 1.13. The largest absolute Gasteiger partial charge is 0.493 e. The molecule has 0 radical (unpaired) electrons. The highest BCUT2D eigenvalue weighted by Gasteiger charge is 2.31. The van der Waals surface area contributed by atoms with Crippen LogP contribution in [-0.2, 0) is 19.4 Å². The van der Waals surface area contributed by atoms with Gasteiger partial charge in [0.05, 0.1) is 30.4 Å². The molecule has 0 fully saturated rings. The minimum Gasteiger partial charge on any atom is -0.493 e. The van der Waals surface area contributed by atoms with Crippen LogP contribution in [0.15, 0.2) is 54.7 Å². The molecule has 0 spiro atoms. The summed E-state index contributed by atoms with van der Waals surface area (Å²) in [5.41, 5.74) is 4.91. The highest BCUT2D eigenvalue weighted by molar-refractivity contribution is 6.30. The van der Waals surface area contributed by atoms with Crippen molar-refractivity contribution in [2.45, 2.75) is 19.4 Å². The third-order valence-corrected chi connectivity index (χ3v) is 7.50. The van der Waals surface area contributed by atoms with Crippen molar-refractivity contribution in [2.75, 3.05) is 21.0 Å². The van der Waals surface area contributed by atoms with Gasteiger partial charge in [-0.2, -0.15) is 4.57 Å². The van der Waals surface area contributed by atoms with Gasteiger partial charge in [-0.05, 0) is 59.5 Å². The van der Waals surface area contributed by atoms with Crippen molar-refractivity contribution >= 4 is 44.0 Å². The molecule has 0 N–H and O–H groups in total. The fraction of sp³-hybridized carbons (Fsp3) is 0.207. The first kappa shape index (κ1) is 20.7. The molecule has 5 nitrogen and oxygen atoms in total. The molecule has 1 aromatic heterocycles. The molecule has 0 bridgehead atoms. The van der Waals surface area contributed by atoms with Crippen molar-refractivity contribution in [1.82, 2.24) is 0 Å². The lowest BCUT2D eigenvalue weighted by Gasteiger charge is -2.20. The second kappa shape index (κ2) is 7.65. The summed E-state index contributed by atoms with van der Waals surface area (Å²) in [6, 6.07) is 16.7. The second-order valence-corrected chi connectivity index (χ2v) is 9.53. The minimum atomic E-state index is 0.251. The molecule has 2 aliphatic rings. The Morgan fingerprint density at radius 3 is 2.57 bits per heavy atom. The summed E-state index contributed by atoms with van der Waals surface area (Å²) in [5, 5.41) is 6.50. The first-order chi connectivity index (χ1) is 17.2. The highest BCUT2D eigenvalue weighted by atomic mass is 35.5. The maximum Gasteiger partial charge on any atom is 0.231 e. The number of hydrogen-bond acceptors (Lipinski definition) is 4. The van der Waals surface area contributed by atoms with Gasteiger partial charge in [0.15, 0.2) is 35.7 Å². The molecule has 35 heavy (non-hydrogen) atoms. The van der Waals surface area contributed by atoms with Crippen LogP contribution in [0.5, 0.6) is 23.0 Å². The zero-order valence-electron chi connectivity index (χ0n) is 19.5. The van der Waals surface area contributed by atoms with Gasteiger partial charge < -0.3 is 18.9 Å². The predicted octanol–water partition coefficient (Wildman–Crippen LogP) is 5.98. The zero-order valence-corrected chi connectivity index (χ0v) is 20.2. The number of ether oxygens (including phenoxy) is 4. The highest BCUT2D eigenvalue weighted by Crippen LogP contribution is 2.48. The molecule has 7 rings (SSSR count). The molecule has 0 saturated heterocycles. The summed E-state index contributed by atoms with van der Waals surface area (Å²) in [5.74, 6) is 3.17. The van der Waals surface area contributed by atoms with E-state index in [1.165, 1.54) is 33.0 Å². The summed E-state index contributed by atoms with van der Waals surface area (Å²) < 4.78 is 25.7. The molecule has 0 saturated carbocycles. The van der Waals surface area contributed by atoms with Crippen LogP contribution >= 0.6 is 11.6 Å². The van der Waals surface area contributed by atoms with Crippen LogP contribution in [-0.4, -0.2) is 21.0 Å². The average molecular weight is 485 g/mol. The van der Waals surface area contributed by atoms with E-state index >= 15 is 0 Å². The lowest BCUT2D eigenvalue weighted by molar-refractivity contribution is -0.670. The minimum absolute atomic E-state index is 0.251. The third-order valence-electron chi connectivity index (χ3n) is 7.25. The lowest BCUT2D eigenvalue weighted by atomic mass is 9.88. The molecule has 3 heterocycles. The fourth-order valence-electron chi connectivity index (χ4n) is 5.74. The number of aryl methyl sites for hydroxylation is 2. The summed E-state index contributed by atoms with van der Waals surface area (Å²) in [7, 11) is 3.37. The number of hydrogen-bond donors (Lipinski definition) is 0. The predicted molar refractivity (Wildman–Crippen MR) is 136 cm³/mol. The van der Waals surface area contributed by atoms with Gasteiger partial charge in [0.25, 0.3) is 0 Å². The van der Waals surface area contributed by atoms with E-state index in [1.807, 2.05) is 18.2 Å². The number of nitrogens with zero attached hydrogens (tertiary/aromatic N) is 1. The topological polar surface area (TPSA) is 40.8 Å². The van der Waals surface area contributed by atoms with Crippen LogP contribution in [0.3, 0.4) is 0 Å². The Kier molecular flexibility index (Phi) is 4.52. The molecule has 2 aliphatic heterocycles. The van der Waals surface area contributed by atoms with E-state index in [4.69, 9.17) is 30.5 Å². The smallest absolute Gasteiger partial charge is 0.231 e. The first-order valence-corrected chi connectivity index (χ1v) is 12.1. The van der Waals surface area contributed by atoms with Crippen LogP contribution in [0.2, 0.25) is 5.02 Å². The van der Waals surface area contributed by atoms with Crippen molar-refractivity contribution in [2.24, 2.45) is 0 Å². The molecule has 6 heteroatoms. The number of fused-ring (bicyclic) bond motifs is 4. The zero-order chi connectivity index (χ0) is 23.7. The van der Waals surface area contributed by atoms with Gasteiger partial charge in [-0.1, -0.05) is 23.7 Å². The maximum absolute atomic E-state index is 6.17. The van der Waals surface area contributed by atoms with Crippen molar-refractivity contribution in [3.05, 3.63) is 76.4 Å². The average Bonchev–Trinajstić information content (AvgIpc) is 3.35. The number of halogens is 1. The van der Waals surface area contributed by atoms with E-state index in [2.05, 4.69) is 41.1 Å². The Morgan fingerprint density at radius 2 is 1.77 bits per heavy atom. The molecule has 0 aliphatic carbocycles. The van der Waals surface area contributed by atoms with Crippen molar-refractivity contribution in [1.29, 1.82) is 0 Å². The molecular weight excluding hydrogens is 462 g/mol. The number of methoxy groups -OCH3 is 2. The molecule has 4 aromatic carbocycles. The van der Waals surface area contributed by atoms with Crippen molar-refractivity contribution in [3.8, 4) is 23.0 Å². The summed E-state index contributed by atoms with van der Waals surface area (Å²) in [6.07, 6.45) is 3.87. The number of benzene rings is 4. The van der Waals surface area contributed by atoms with Gasteiger partial charge >= 0.3 is 0 Å². The van der Waals surface area contributed by atoms with Gasteiger partial charge in [0.2, 0.25) is 12.3 Å². The van der Waals surface area contributed by atoms with Crippen molar-refractivity contribution < 1.29 is 23.5 Å². The Labute approximate surface area is 207 Å². The normalized spacial score (nSPS) is 13.8. The Bertz CT molecular complexity index is 1680. The van der Waals surface area contributed by atoms with Crippen molar-refractivity contribution in [3.63, 3.8) is 0 Å². The van der Waals surface area contributed by atoms with Gasteiger partial charge in [-0.25, -0.2) is 0 Å². The van der Waals surface area contributed by atoms with E-state index in [1.54, 1.807) is 14.2 Å². The van der Waals surface area contributed by atoms with E-state index in [9.17, 15) is 0 Å². The van der Waals surface area contributed by atoms with Crippen LogP contribution in [0.1, 0.15) is 16.7 Å². The van der Waals surface area contributed by atoms with Crippen LogP contribution in [0.4, 0.5) is 0 Å². The van der Waals surface area contributed by atoms with E-state index in [0.717, 1.165) is 63.6 Å². The van der Waals surface area contributed by atoms with E-state index in [-0.39, 0.29) is 6.79 Å². The molecular formula is C29H23ClNO4+. The fourth-order valence-corrected chi connectivity index (χ4v) is 5.86. The molecule has 0 unspecified atom stereocenters. The molecule has 0 atom stereocenters. The van der Waals surface area contributed by atoms with E-state index in [0.29, 0.717) is 0 Å². The van der Waals surface area contributed by atoms with Crippen LogP contribution in [0.25, 0.3) is 32.4 Å². The van der Waals surface area contributed by atoms with Gasteiger partial charge in [-0.15, -0.1) is 0 Å². The van der Waals surface area contributed by atoms with Gasteiger partial charge in [-0.3, -0.25) is 0 Å². The van der Waals surface area contributed by atoms with E-state index < -0.39 is 0 Å². The third kappa shape index (κ3) is 2.98. The summed E-state index contributed by atoms with van der Waals surface area (Å²) >= 11 is 6.17. The summed E-state index contributed by atoms with van der Waals surface area (Å²) in [4.78, 5) is 0. The lowest BCUT2D eigenvalue weighted by Crippen LogP contribution is -2.38. The molecule has 0 amide bonds. The van der Waals surface area contributed by atoms with Gasteiger partial charge in [0, 0.05) is 22.2 Å². The Morgan fingerprint density at radius 1 is 0.914 bits per heavy atom. The number of rotatable bonds is 4. The standard InChI is InChI=1S/C29H23ClNO4/c1-32-23-8-7-20-21-12-18(11-16-3-5-19(30)6-4-16)26-25-17(13-24-29(26)35-15-34-24)9-10-31(27(21)25)14-22(20)28(23)33-2/h3-8,12-14H,9-11,15H2,1-2H3/q+1. The SMILES string of the molecule is COc1ccc2c(c[n+]3c4c2cc(Cc2ccc(Cl)cc2)c2c5c(cc(c24)CC3)OCO5)c1OC. The van der Waals surface area contributed by atoms with Gasteiger partial charge in [0.1, 0.15) is 0 Å². The van der Waals surface area contributed by atoms with Crippen LogP contribution in [0, 0.1) is 0 Å². The number of aromatic nitrogens is 1.